The van der Waals surface area contributed by atoms with Crippen molar-refractivity contribution in [2.24, 2.45) is 0 Å². The van der Waals surface area contributed by atoms with Gasteiger partial charge in [-0.05, 0) is 61.4 Å². The molecule has 14 rings (SSSR count). The summed E-state index contributed by atoms with van der Waals surface area (Å²) in [5, 5.41) is 189. The topological polar surface area (TPSA) is 575 Å². The van der Waals surface area contributed by atoms with Gasteiger partial charge in [-0.25, -0.2) is 0 Å². The third-order valence-corrected chi connectivity index (χ3v) is 20.5. The Kier molecular flexibility index (Phi) is 28.9. The molecule has 0 spiro atoms. The van der Waals surface area contributed by atoms with Crippen LogP contribution in [0, 0.1) is 47.4 Å². The molecule has 5 aliphatic heterocycles. The van der Waals surface area contributed by atoms with Gasteiger partial charge in [-0.3, -0.25) is 39.6 Å². The molecule has 0 unspecified atom stereocenters. The van der Waals surface area contributed by atoms with Crippen LogP contribution in [0.15, 0.2) is 73.3 Å². The average molecular weight is 1600 g/mol. The molecule has 37 heteroatoms. The standard InChI is InChI=1S/C23H29N3O6.C20H23N3O7.C18H21N3O6.C17H19N3O6/c1-26(16-5-3-2-4-6-16)23(31)14-9-13(19-15(10-14)11-24-25-19)7-8-17-20(28)22(30)21(29)18(12-27)32-17;24-10-15-18(26)19(27)17(25)14(30-15)2-1-11-7-12(8-13-9-21-22-16(11)13)20(28)23-3-5-29-6-4-23;1-21(2)18(26)10-5-9(14-11(6-10)7-19-20-14)3-4-12-15(23)17(25)16(24)13(8-22)27-12;1-18-17(25)9-4-8(13-10(5-9)6-19-20-13)2-3-11-14(22)16(24)15(23)12(7-21)26-11/h9-11,16-18,20-22,27-30H,2-6,12H2,1H3,(H,24,25);7-9,14-15,17-19,24-27H,3-6,10H2,(H,21,22);5-7,12-13,15-17,22-25H,8H2,1-2H3,(H,19,20);4-6,11-12,14-16,21-24H,7H2,1H3,(H,18,25)(H,19,20)/t17-,18-,20-,21-,22-;14-,15-,17-,18-,19-;12-,13-,15-,16-,17-;11-,12-,14-,15-,16-/m1111/s1. The maximum atomic E-state index is 13.2. The molecule has 6 fully saturated rings. The van der Waals surface area contributed by atoms with Crippen LogP contribution in [-0.4, -0.2) is 370 Å². The Morgan fingerprint density at radius 2 is 0.730 bits per heavy atom. The van der Waals surface area contributed by atoms with Crippen molar-refractivity contribution in [1.29, 1.82) is 0 Å². The second-order valence-corrected chi connectivity index (χ2v) is 28.4. The van der Waals surface area contributed by atoms with E-state index >= 15 is 0 Å². The third kappa shape index (κ3) is 19.4. The molecule has 1 aliphatic carbocycles. The van der Waals surface area contributed by atoms with E-state index in [-0.39, 0.29) is 29.7 Å². The SMILES string of the molecule is CN(C(=O)c1cc(C#C[C@H]2O[C@H](CO)[C@@H](O)[C@H](O)[C@@H]2O)c2[nH]ncc2c1)C1CCCCC1.CN(C)C(=O)c1cc(C#C[C@H]2O[C@H](CO)[C@@H](O)[C@H](O)[C@@H]2O)c2[nH]ncc2c1.CNC(=O)c1cc(C#C[C@H]2O[C@H](CO)[C@@H](O)[C@H](O)[C@@H]2O)c2[nH]ncc2c1.O=C(c1cc(C#C[C@H]2O[C@H](CO)[C@@H](O)[C@H](O)[C@@H]2O)c2[nH]ncc2c1)N1CCOCC1. The highest BCUT2D eigenvalue weighted by molar-refractivity contribution is 6.02. The summed E-state index contributed by atoms with van der Waals surface area (Å²) < 4.78 is 26.9. The molecule has 21 N–H and O–H groups in total. The number of aromatic amines is 4. The van der Waals surface area contributed by atoms with Crippen LogP contribution < -0.4 is 5.32 Å². The van der Waals surface area contributed by atoms with Crippen molar-refractivity contribution in [2.45, 2.75) is 160 Å². The van der Waals surface area contributed by atoms with E-state index in [0.717, 1.165) is 31.1 Å². The predicted molar refractivity (Wildman–Crippen MR) is 404 cm³/mol. The van der Waals surface area contributed by atoms with Crippen LogP contribution in [0.25, 0.3) is 43.6 Å². The lowest BCUT2D eigenvalue weighted by atomic mass is 9.94. The maximum Gasteiger partial charge on any atom is 0.254 e. The highest BCUT2D eigenvalue weighted by Crippen LogP contribution is 2.30. The number of nitrogens with one attached hydrogen (secondary N) is 5. The monoisotopic (exact) mass is 1600 g/mol. The molecule has 4 aromatic heterocycles. The van der Waals surface area contributed by atoms with Crippen LogP contribution in [0.1, 0.15) is 95.8 Å². The van der Waals surface area contributed by atoms with Gasteiger partial charge >= 0.3 is 0 Å². The predicted octanol–water partition coefficient (Wildman–Crippen LogP) is -5.03. The van der Waals surface area contributed by atoms with Gasteiger partial charge < -0.3 is 125 Å². The van der Waals surface area contributed by atoms with Gasteiger partial charge in [-0.15, -0.1) is 0 Å². The van der Waals surface area contributed by atoms with E-state index < -0.39 is 149 Å². The van der Waals surface area contributed by atoms with Crippen LogP contribution in [0.2, 0.25) is 0 Å². The zero-order chi connectivity index (χ0) is 82.6. The molecule has 115 heavy (non-hydrogen) atoms. The number of benzene rings is 4. The van der Waals surface area contributed by atoms with Gasteiger partial charge in [0.15, 0.2) is 0 Å². The summed E-state index contributed by atoms with van der Waals surface area (Å²) in [7, 11) is 6.63. The number of hydrogen-bond donors (Lipinski definition) is 21. The van der Waals surface area contributed by atoms with Crippen LogP contribution >= 0.6 is 0 Å². The first-order chi connectivity index (χ1) is 55.2. The van der Waals surface area contributed by atoms with Gasteiger partial charge in [0.2, 0.25) is 0 Å². The number of aliphatic hydroxyl groups excluding tert-OH is 16. The summed E-state index contributed by atoms with van der Waals surface area (Å²) in [5.74, 6) is 21.6. The van der Waals surface area contributed by atoms with Gasteiger partial charge in [0.1, 0.15) is 122 Å². The number of nitrogens with zero attached hydrogens (tertiary/aromatic N) is 7. The fourth-order valence-electron chi connectivity index (χ4n) is 13.8. The molecular weight excluding hydrogens is 1500 g/mol. The summed E-state index contributed by atoms with van der Waals surface area (Å²) >= 11 is 0. The van der Waals surface area contributed by atoms with Gasteiger partial charge in [0.25, 0.3) is 23.6 Å². The molecule has 8 aromatic rings. The Bertz CT molecular complexity index is 4990. The van der Waals surface area contributed by atoms with Gasteiger partial charge in [0, 0.05) is 91.1 Å². The number of rotatable bonds is 9. The maximum absolute atomic E-state index is 13.2. The average Bonchev–Trinajstić information content (AvgIpc) is 1.77. The Labute approximate surface area is 656 Å². The van der Waals surface area contributed by atoms with Crippen molar-refractivity contribution in [3.05, 3.63) is 118 Å². The van der Waals surface area contributed by atoms with Crippen LogP contribution in [0.3, 0.4) is 0 Å². The third-order valence-electron chi connectivity index (χ3n) is 20.5. The number of morpholine rings is 1. The van der Waals surface area contributed by atoms with E-state index in [4.69, 9.17) is 23.7 Å². The van der Waals surface area contributed by atoms with E-state index in [2.05, 4.69) is 93.5 Å². The number of aromatic nitrogens is 8. The van der Waals surface area contributed by atoms with E-state index in [1.54, 1.807) is 97.2 Å². The fraction of sp³-hybridized carbons (Fsp3) is 0.487. The lowest BCUT2D eigenvalue weighted by Gasteiger charge is -2.37. The largest absolute Gasteiger partial charge is 0.394 e. The van der Waals surface area contributed by atoms with Gasteiger partial charge in [-0.1, -0.05) is 66.6 Å². The number of fused-ring (bicyclic) bond motifs is 4. The smallest absolute Gasteiger partial charge is 0.254 e. The molecule has 5 saturated heterocycles. The molecule has 20 atom stereocenters. The summed E-state index contributed by atoms with van der Waals surface area (Å²) in [5.41, 5.74) is 6.11. The van der Waals surface area contributed by atoms with E-state index in [1.165, 1.54) is 18.4 Å². The van der Waals surface area contributed by atoms with Gasteiger partial charge in [-0.2, -0.15) is 20.4 Å². The second-order valence-electron chi connectivity index (χ2n) is 28.4. The van der Waals surface area contributed by atoms with E-state index in [9.17, 15) is 101 Å². The minimum Gasteiger partial charge on any atom is -0.394 e. The van der Waals surface area contributed by atoms with Crippen molar-refractivity contribution < 1.29 is 125 Å². The Morgan fingerprint density at radius 3 is 1.05 bits per heavy atom. The van der Waals surface area contributed by atoms with Gasteiger partial charge in [0.05, 0.1) is 109 Å². The Balaban J connectivity index is 0.000000151. The highest BCUT2D eigenvalue weighted by Gasteiger charge is 2.46. The molecule has 1 saturated carbocycles. The molecule has 6 aliphatic rings. The highest BCUT2D eigenvalue weighted by atomic mass is 16.6. The molecule has 4 amide bonds. The number of amides is 4. The quantitative estimate of drug-likeness (QED) is 0.0602. The number of carbonyl (C=O) groups is 4. The van der Waals surface area contributed by atoms with E-state index in [1.807, 2.05) is 7.05 Å². The number of carbonyl (C=O) groups excluding carboxylic acids is 4. The fourth-order valence-corrected chi connectivity index (χ4v) is 13.8. The zero-order valence-corrected chi connectivity index (χ0v) is 62.7. The normalized spacial score (nSPS) is 28.7. The summed E-state index contributed by atoms with van der Waals surface area (Å²) in [4.78, 5) is 55.2. The molecular formula is C78H92N12O25. The number of ether oxygens (including phenoxy) is 5. The Morgan fingerprint density at radius 1 is 0.426 bits per heavy atom. The van der Waals surface area contributed by atoms with Crippen LogP contribution in [-0.2, 0) is 23.7 Å². The molecule has 0 bridgehead atoms. The van der Waals surface area contributed by atoms with Crippen LogP contribution in [0.4, 0.5) is 0 Å². The van der Waals surface area contributed by atoms with Crippen LogP contribution in [0.5, 0.6) is 0 Å². The van der Waals surface area contributed by atoms with Crippen molar-refractivity contribution in [2.75, 3.05) is 80.9 Å². The first-order valence-corrected chi connectivity index (χ1v) is 36.9. The number of hydrogen-bond acceptors (Lipinski definition) is 29. The molecule has 37 nitrogen and oxygen atoms in total. The van der Waals surface area contributed by atoms with E-state index in [0.29, 0.717) is 109 Å². The first kappa shape index (κ1) is 85.9. The summed E-state index contributed by atoms with van der Waals surface area (Å²) in [6.45, 7) is -0.112. The summed E-state index contributed by atoms with van der Waals surface area (Å²) in [6.07, 6.45) is -14.4. The minimum atomic E-state index is -1.50. The van der Waals surface area contributed by atoms with Crippen molar-refractivity contribution >= 4 is 67.2 Å². The molecule has 4 aromatic carbocycles. The molecule has 9 heterocycles. The summed E-state index contributed by atoms with van der Waals surface area (Å²) in [6, 6.07) is 13.6. The lowest BCUT2D eigenvalue weighted by molar-refractivity contribution is -0.214. The number of aliphatic hydroxyl groups is 16. The number of H-pyrrole nitrogens is 4. The minimum absolute atomic E-state index is 0.0871. The van der Waals surface area contributed by atoms with Crippen molar-refractivity contribution in [3.8, 4) is 47.4 Å². The van der Waals surface area contributed by atoms with Crippen molar-refractivity contribution in [1.82, 2.24) is 60.8 Å². The first-order valence-electron chi connectivity index (χ1n) is 36.9. The lowest BCUT2D eigenvalue weighted by Crippen LogP contribution is -2.58. The second kappa shape index (κ2) is 38.7. The molecule has 0 radical (unpaired) electrons. The zero-order valence-electron chi connectivity index (χ0n) is 62.7. The van der Waals surface area contributed by atoms with Crippen molar-refractivity contribution in [3.63, 3.8) is 0 Å². The molecule has 614 valence electrons. The Hall–Kier alpha value is -9.96.